The molecule has 2 unspecified atom stereocenters. The summed E-state index contributed by atoms with van der Waals surface area (Å²) in [7, 11) is 0. The average Bonchev–Trinajstić information content (AvgIpc) is 2.27. The second-order valence-corrected chi connectivity index (χ2v) is 4.95. The van der Waals surface area contributed by atoms with Crippen LogP contribution in [0.2, 0.25) is 0 Å². The van der Waals surface area contributed by atoms with Gasteiger partial charge in [-0.3, -0.25) is 0 Å². The number of hydrogen-bond acceptors (Lipinski definition) is 2. The molecule has 2 amide bonds. The molecule has 0 aromatic carbocycles. The zero-order chi connectivity index (χ0) is 14.1. The van der Waals surface area contributed by atoms with E-state index < -0.39 is 18.0 Å². The minimum Gasteiger partial charge on any atom is -0.480 e. The Balaban J connectivity index is 4.11. The van der Waals surface area contributed by atoms with Gasteiger partial charge in [0.25, 0.3) is 0 Å². The number of carbonyl (C=O) groups excluding carboxylic acids is 1. The third-order valence-electron chi connectivity index (χ3n) is 3.01. The van der Waals surface area contributed by atoms with E-state index in [0.717, 1.165) is 19.3 Å². The first-order valence-corrected chi connectivity index (χ1v) is 6.70. The Kier molecular flexibility index (Phi) is 8.16. The van der Waals surface area contributed by atoms with Gasteiger partial charge in [0.15, 0.2) is 0 Å². The summed E-state index contributed by atoms with van der Waals surface area (Å²) in [4.78, 5) is 22.5. The second kappa shape index (κ2) is 8.78. The van der Waals surface area contributed by atoms with Gasteiger partial charge in [0, 0.05) is 6.04 Å². The fourth-order valence-corrected chi connectivity index (χ4v) is 1.80. The van der Waals surface area contributed by atoms with E-state index in [4.69, 9.17) is 5.11 Å². The molecule has 0 saturated heterocycles. The van der Waals surface area contributed by atoms with Gasteiger partial charge >= 0.3 is 12.0 Å². The Hall–Kier alpha value is -1.26. The lowest BCUT2D eigenvalue weighted by molar-refractivity contribution is -0.139. The summed E-state index contributed by atoms with van der Waals surface area (Å²) in [5, 5.41) is 14.2. The highest BCUT2D eigenvalue weighted by atomic mass is 16.4. The maximum Gasteiger partial charge on any atom is 0.326 e. The molecule has 106 valence electrons. The van der Waals surface area contributed by atoms with Gasteiger partial charge in [-0.2, -0.15) is 0 Å². The second-order valence-electron chi connectivity index (χ2n) is 4.95. The molecule has 0 bridgehead atoms. The summed E-state index contributed by atoms with van der Waals surface area (Å²) >= 11 is 0. The van der Waals surface area contributed by atoms with Gasteiger partial charge in [-0.15, -0.1) is 0 Å². The van der Waals surface area contributed by atoms with Crippen molar-refractivity contribution < 1.29 is 14.7 Å². The monoisotopic (exact) mass is 258 g/mol. The summed E-state index contributed by atoms with van der Waals surface area (Å²) in [5.74, 6) is -0.437. The molecular weight excluding hydrogens is 232 g/mol. The summed E-state index contributed by atoms with van der Waals surface area (Å²) in [5.41, 5.74) is 0. The molecular formula is C13H26N2O3. The van der Waals surface area contributed by atoms with E-state index in [-0.39, 0.29) is 6.04 Å². The fourth-order valence-electron chi connectivity index (χ4n) is 1.80. The third-order valence-corrected chi connectivity index (χ3v) is 3.01. The Labute approximate surface area is 109 Å². The van der Waals surface area contributed by atoms with E-state index in [2.05, 4.69) is 24.5 Å². The number of urea groups is 1. The number of carboxylic acid groups (broad SMARTS) is 1. The number of carbonyl (C=O) groups is 2. The summed E-state index contributed by atoms with van der Waals surface area (Å²) < 4.78 is 0. The van der Waals surface area contributed by atoms with E-state index in [9.17, 15) is 9.59 Å². The molecule has 0 radical (unpaired) electrons. The van der Waals surface area contributed by atoms with E-state index in [0.29, 0.717) is 12.3 Å². The van der Waals surface area contributed by atoms with Gasteiger partial charge in [0.1, 0.15) is 6.04 Å². The predicted octanol–water partition coefficient (Wildman–Crippen LogP) is 2.36. The standard InChI is InChI=1S/C13H26N2O3/c1-5-7-11(12(16)17)15-13(18)14-10(4)8-9(3)6-2/h9-11H,5-8H2,1-4H3,(H,16,17)(H2,14,15,18)/t9?,10?,11-/m0/s1. The summed E-state index contributed by atoms with van der Waals surface area (Å²) in [6.45, 7) is 8.06. The summed E-state index contributed by atoms with van der Waals surface area (Å²) in [6, 6.07) is -1.14. The third kappa shape index (κ3) is 7.14. The Morgan fingerprint density at radius 2 is 1.78 bits per heavy atom. The number of hydrogen-bond donors (Lipinski definition) is 3. The topological polar surface area (TPSA) is 78.4 Å². The van der Waals surface area contributed by atoms with Crippen LogP contribution in [-0.4, -0.2) is 29.2 Å². The van der Waals surface area contributed by atoms with Crippen LogP contribution in [0.25, 0.3) is 0 Å². The smallest absolute Gasteiger partial charge is 0.326 e. The molecule has 0 aromatic rings. The number of rotatable bonds is 8. The Bertz CT molecular complexity index is 269. The van der Waals surface area contributed by atoms with E-state index in [1.54, 1.807) is 0 Å². The highest BCUT2D eigenvalue weighted by Gasteiger charge is 2.19. The molecule has 3 atom stereocenters. The van der Waals surface area contributed by atoms with Crippen molar-refractivity contribution in [2.45, 2.75) is 65.5 Å². The number of carboxylic acids is 1. The lowest BCUT2D eigenvalue weighted by Gasteiger charge is -2.20. The zero-order valence-electron chi connectivity index (χ0n) is 11.8. The molecule has 0 aliphatic heterocycles. The van der Waals surface area contributed by atoms with Crippen LogP contribution in [0, 0.1) is 5.92 Å². The molecule has 0 aliphatic rings. The van der Waals surface area contributed by atoms with E-state index >= 15 is 0 Å². The Morgan fingerprint density at radius 3 is 2.22 bits per heavy atom. The van der Waals surface area contributed by atoms with Gasteiger partial charge in [0.05, 0.1) is 0 Å². The first kappa shape index (κ1) is 16.7. The highest BCUT2D eigenvalue weighted by molar-refractivity contribution is 5.82. The van der Waals surface area contributed by atoms with Crippen molar-refractivity contribution in [3.63, 3.8) is 0 Å². The maximum absolute atomic E-state index is 11.6. The van der Waals surface area contributed by atoms with Gasteiger partial charge in [-0.05, 0) is 25.7 Å². The molecule has 18 heavy (non-hydrogen) atoms. The van der Waals surface area contributed by atoms with Crippen LogP contribution in [0.5, 0.6) is 0 Å². The number of nitrogens with one attached hydrogen (secondary N) is 2. The lowest BCUT2D eigenvalue weighted by Crippen LogP contribution is -2.48. The molecule has 3 N–H and O–H groups in total. The molecule has 5 heteroatoms. The highest BCUT2D eigenvalue weighted by Crippen LogP contribution is 2.09. The maximum atomic E-state index is 11.6. The van der Waals surface area contributed by atoms with E-state index in [1.807, 2.05) is 13.8 Å². The lowest BCUT2D eigenvalue weighted by atomic mass is 10.0. The minimum absolute atomic E-state index is 0.0519. The molecule has 0 spiro atoms. The number of aliphatic carboxylic acids is 1. The Morgan fingerprint density at radius 1 is 1.17 bits per heavy atom. The molecule has 0 rings (SSSR count). The first-order valence-electron chi connectivity index (χ1n) is 6.70. The first-order chi connectivity index (χ1) is 8.40. The predicted molar refractivity (Wildman–Crippen MR) is 71.5 cm³/mol. The molecule has 0 aromatic heterocycles. The fraction of sp³-hybridized carbons (Fsp3) is 0.846. The van der Waals surface area contributed by atoms with Crippen molar-refractivity contribution in [1.29, 1.82) is 0 Å². The van der Waals surface area contributed by atoms with Crippen LogP contribution in [0.4, 0.5) is 4.79 Å². The van der Waals surface area contributed by atoms with Crippen molar-refractivity contribution in [3.8, 4) is 0 Å². The van der Waals surface area contributed by atoms with Crippen LogP contribution in [0.1, 0.15) is 53.4 Å². The molecule has 0 fully saturated rings. The summed E-state index contributed by atoms with van der Waals surface area (Å²) in [6.07, 6.45) is 3.14. The van der Waals surface area contributed by atoms with Crippen LogP contribution in [0.3, 0.4) is 0 Å². The zero-order valence-corrected chi connectivity index (χ0v) is 11.8. The van der Waals surface area contributed by atoms with Crippen LogP contribution >= 0.6 is 0 Å². The van der Waals surface area contributed by atoms with Gasteiger partial charge < -0.3 is 15.7 Å². The van der Waals surface area contributed by atoms with Crippen LogP contribution in [-0.2, 0) is 4.79 Å². The largest absolute Gasteiger partial charge is 0.480 e. The number of amides is 2. The molecule has 5 nitrogen and oxygen atoms in total. The molecule has 0 aliphatic carbocycles. The van der Waals surface area contributed by atoms with Crippen molar-refractivity contribution in [3.05, 3.63) is 0 Å². The van der Waals surface area contributed by atoms with Gasteiger partial charge in [0.2, 0.25) is 0 Å². The van der Waals surface area contributed by atoms with Crippen molar-refractivity contribution >= 4 is 12.0 Å². The van der Waals surface area contributed by atoms with Crippen molar-refractivity contribution in [2.24, 2.45) is 5.92 Å². The van der Waals surface area contributed by atoms with Crippen LogP contribution < -0.4 is 10.6 Å². The van der Waals surface area contributed by atoms with Gasteiger partial charge in [-0.25, -0.2) is 9.59 Å². The van der Waals surface area contributed by atoms with Crippen molar-refractivity contribution in [2.75, 3.05) is 0 Å². The van der Waals surface area contributed by atoms with Gasteiger partial charge in [-0.1, -0.05) is 33.6 Å². The minimum atomic E-state index is -0.985. The normalized spacial score (nSPS) is 15.6. The van der Waals surface area contributed by atoms with Crippen LogP contribution in [0.15, 0.2) is 0 Å². The van der Waals surface area contributed by atoms with Crippen molar-refractivity contribution in [1.82, 2.24) is 10.6 Å². The molecule has 0 saturated carbocycles. The molecule has 0 heterocycles. The quantitative estimate of drug-likeness (QED) is 0.625. The average molecular weight is 258 g/mol. The van der Waals surface area contributed by atoms with E-state index in [1.165, 1.54) is 0 Å². The SMILES string of the molecule is CCC[C@H](NC(=O)NC(C)CC(C)CC)C(=O)O.